The highest BCUT2D eigenvalue weighted by Crippen LogP contribution is 2.28. The van der Waals surface area contributed by atoms with E-state index < -0.39 is 0 Å². The normalized spacial score (nSPS) is 10.0. The van der Waals surface area contributed by atoms with Crippen molar-refractivity contribution in [1.29, 1.82) is 5.26 Å². The van der Waals surface area contributed by atoms with E-state index in [4.69, 9.17) is 19.5 Å². The fraction of sp³-hybridized carbons (Fsp3) is 0.316. The zero-order valence-corrected chi connectivity index (χ0v) is 14.0. The summed E-state index contributed by atoms with van der Waals surface area (Å²) in [5, 5.41) is 8.96. The predicted octanol–water partition coefficient (Wildman–Crippen LogP) is 3.95. The van der Waals surface area contributed by atoms with Crippen molar-refractivity contribution in [3.05, 3.63) is 52.6 Å². The maximum atomic E-state index is 8.96. The fourth-order valence-corrected chi connectivity index (χ4v) is 2.30. The molecule has 0 aromatic heterocycles. The molecule has 0 heterocycles. The largest absolute Gasteiger partial charge is 0.493 e. The second-order valence-corrected chi connectivity index (χ2v) is 5.33. The number of rotatable bonds is 6. The van der Waals surface area contributed by atoms with Gasteiger partial charge in [-0.05, 0) is 49.6 Å². The van der Waals surface area contributed by atoms with Gasteiger partial charge in [-0.1, -0.05) is 12.1 Å². The average molecular weight is 311 g/mol. The lowest BCUT2D eigenvalue weighted by molar-refractivity contribution is 0.209. The van der Waals surface area contributed by atoms with Crippen LogP contribution in [0, 0.1) is 32.1 Å². The van der Waals surface area contributed by atoms with Crippen molar-refractivity contribution in [3.8, 4) is 23.3 Å². The summed E-state index contributed by atoms with van der Waals surface area (Å²) in [6, 6.07) is 11.3. The van der Waals surface area contributed by atoms with E-state index in [9.17, 15) is 0 Å². The second-order valence-electron chi connectivity index (χ2n) is 5.33. The zero-order valence-electron chi connectivity index (χ0n) is 14.0. The molecule has 0 aliphatic heterocycles. The van der Waals surface area contributed by atoms with E-state index in [1.807, 2.05) is 6.92 Å². The van der Waals surface area contributed by atoms with Crippen LogP contribution < -0.4 is 14.2 Å². The highest BCUT2D eigenvalue weighted by molar-refractivity contribution is 5.47. The summed E-state index contributed by atoms with van der Waals surface area (Å²) in [6.07, 6.45) is 0. The zero-order chi connectivity index (χ0) is 16.8. The molecule has 0 amide bonds. The Balaban J connectivity index is 1.99. The summed E-state index contributed by atoms with van der Waals surface area (Å²) in [5.74, 6) is 2.06. The van der Waals surface area contributed by atoms with E-state index in [0.717, 1.165) is 16.9 Å². The van der Waals surface area contributed by atoms with Gasteiger partial charge in [0.15, 0.2) is 11.5 Å². The van der Waals surface area contributed by atoms with Gasteiger partial charge in [0.05, 0.1) is 18.7 Å². The van der Waals surface area contributed by atoms with Crippen LogP contribution in [0.1, 0.15) is 22.3 Å². The van der Waals surface area contributed by atoms with Crippen LogP contribution in [-0.2, 0) is 0 Å². The maximum Gasteiger partial charge on any atom is 0.162 e. The topological polar surface area (TPSA) is 51.5 Å². The van der Waals surface area contributed by atoms with Gasteiger partial charge < -0.3 is 14.2 Å². The van der Waals surface area contributed by atoms with Crippen molar-refractivity contribution in [2.75, 3.05) is 20.3 Å². The van der Waals surface area contributed by atoms with Crippen LogP contribution in [0.15, 0.2) is 30.3 Å². The van der Waals surface area contributed by atoms with Gasteiger partial charge in [0.25, 0.3) is 0 Å². The lowest BCUT2D eigenvalue weighted by Gasteiger charge is -2.15. The summed E-state index contributed by atoms with van der Waals surface area (Å²) < 4.78 is 16.8. The highest BCUT2D eigenvalue weighted by Gasteiger charge is 2.08. The first-order chi connectivity index (χ1) is 11.1. The van der Waals surface area contributed by atoms with Crippen molar-refractivity contribution in [3.63, 3.8) is 0 Å². The van der Waals surface area contributed by atoms with Gasteiger partial charge in [-0.25, -0.2) is 0 Å². The van der Waals surface area contributed by atoms with Crippen molar-refractivity contribution in [1.82, 2.24) is 0 Å². The van der Waals surface area contributed by atoms with Gasteiger partial charge >= 0.3 is 0 Å². The van der Waals surface area contributed by atoms with E-state index >= 15 is 0 Å². The number of nitriles is 1. The van der Waals surface area contributed by atoms with Crippen molar-refractivity contribution in [2.24, 2.45) is 0 Å². The van der Waals surface area contributed by atoms with Crippen LogP contribution in [0.4, 0.5) is 0 Å². The summed E-state index contributed by atoms with van der Waals surface area (Å²) in [5.41, 5.74) is 3.99. The van der Waals surface area contributed by atoms with E-state index in [-0.39, 0.29) is 0 Å². The monoisotopic (exact) mass is 311 g/mol. The number of methoxy groups -OCH3 is 1. The molecule has 2 aromatic carbocycles. The number of aryl methyl sites for hydroxylation is 2. The molecule has 120 valence electrons. The van der Waals surface area contributed by atoms with Crippen LogP contribution in [-0.4, -0.2) is 20.3 Å². The van der Waals surface area contributed by atoms with Crippen LogP contribution in [0.2, 0.25) is 0 Å². The first-order valence-corrected chi connectivity index (χ1v) is 7.47. The first kappa shape index (κ1) is 16.7. The minimum absolute atomic E-state index is 0.373. The molecule has 4 nitrogen and oxygen atoms in total. The Labute approximate surface area is 137 Å². The first-order valence-electron chi connectivity index (χ1n) is 7.47. The molecule has 0 radical (unpaired) electrons. The molecule has 4 heteroatoms. The van der Waals surface area contributed by atoms with Crippen LogP contribution in [0.5, 0.6) is 17.2 Å². The predicted molar refractivity (Wildman–Crippen MR) is 89.4 cm³/mol. The Hall–Kier alpha value is -2.67. The van der Waals surface area contributed by atoms with Gasteiger partial charge in [-0.15, -0.1) is 0 Å². The Morgan fingerprint density at radius 2 is 1.61 bits per heavy atom. The van der Waals surface area contributed by atoms with E-state index in [0.29, 0.717) is 30.3 Å². The number of hydrogen-bond acceptors (Lipinski definition) is 4. The van der Waals surface area contributed by atoms with Crippen LogP contribution in [0.25, 0.3) is 0 Å². The van der Waals surface area contributed by atoms with Gasteiger partial charge in [-0.2, -0.15) is 5.26 Å². The maximum absolute atomic E-state index is 8.96. The second kappa shape index (κ2) is 7.55. The molecule has 0 N–H and O–H groups in total. The molecule has 0 saturated carbocycles. The third kappa shape index (κ3) is 3.95. The molecule has 0 spiro atoms. The molecule has 0 aliphatic rings. The molecule has 2 aromatic rings. The number of nitrogens with zero attached hydrogens (tertiary/aromatic N) is 1. The quantitative estimate of drug-likeness (QED) is 0.758. The lowest BCUT2D eigenvalue weighted by Crippen LogP contribution is -2.11. The Kier molecular flexibility index (Phi) is 5.48. The van der Waals surface area contributed by atoms with E-state index in [1.54, 1.807) is 25.3 Å². The Bertz CT molecular complexity index is 732. The molecule has 0 aliphatic carbocycles. The van der Waals surface area contributed by atoms with Crippen LogP contribution >= 0.6 is 0 Å². The molecule has 0 saturated heterocycles. The third-order valence-electron chi connectivity index (χ3n) is 3.75. The third-order valence-corrected chi connectivity index (χ3v) is 3.75. The minimum Gasteiger partial charge on any atom is -0.493 e. The standard InChI is InChI=1S/C19H21NO3/c1-13-5-6-14(2)19(15(13)3)23-10-9-22-18-11-16(12-20)7-8-17(18)21-4/h5-8,11H,9-10H2,1-4H3. The number of ether oxygens (including phenoxy) is 3. The summed E-state index contributed by atoms with van der Waals surface area (Å²) >= 11 is 0. The molecule has 0 bridgehead atoms. The smallest absolute Gasteiger partial charge is 0.162 e. The van der Waals surface area contributed by atoms with E-state index in [2.05, 4.69) is 32.0 Å². The molecular weight excluding hydrogens is 290 g/mol. The highest BCUT2D eigenvalue weighted by atomic mass is 16.5. The van der Waals surface area contributed by atoms with Gasteiger partial charge in [0.1, 0.15) is 19.0 Å². The van der Waals surface area contributed by atoms with Crippen molar-refractivity contribution < 1.29 is 14.2 Å². The SMILES string of the molecule is COc1ccc(C#N)cc1OCCOc1c(C)ccc(C)c1C. The molecule has 23 heavy (non-hydrogen) atoms. The van der Waals surface area contributed by atoms with Gasteiger partial charge in [0.2, 0.25) is 0 Å². The number of hydrogen-bond donors (Lipinski definition) is 0. The van der Waals surface area contributed by atoms with Crippen LogP contribution in [0.3, 0.4) is 0 Å². The summed E-state index contributed by atoms with van der Waals surface area (Å²) in [4.78, 5) is 0. The minimum atomic E-state index is 0.373. The van der Waals surface area contributed by atoms with Crippen molar-refractivity contribution in [2.45, 2.75) is 20.8 Å². The van der Waals surface area contributed by atoms with Gasteiger partial charge in [0, 0.05) is 6.07 Å². The summed E-state index contributed by atoms with van der Waals surface area (Å²) in [6.45, 7) is 6.94. The number of benzene rings is 2. The molecule has 0 atom stereocenters. The molecule has 2 rings (SSSR count). The van der Waals surface area contributed by atoms with Gasteiger partial charge in [-0.3, -0.25) is 0 Å². The molecular formula is C19H21NO3. The lowest BCUT2D eigenvalue weighted by atomic mass is 10.1. The Morgan fingerprint density at radius 1 is 0.913 bits per heavy atom. The average Bonchev–Trinajstić information content (AvgIpc) is 2.57. The summed E-state index contributed by atoms with van der Waals surface area (Å²) in [7, 11) is 1.57. The molecule has 0 unspecified atom stereocenters. The fourth-order valence-electron chi connectivity index (χ4n) is 2.30. The van der Waals surface area contributed by atoms with Crippen molar-refractivity contribution >= 4 is 0 Å². The van der Waals surface area contributed by atoms with E-state index in [1.165, 1.54) is 5.56 Å². The molecule has 0 fully saturated rings. The Morgan fingerprint density at radius 3 is 2.30 bits per heavy atom.